The summed E-state index contributed by atoms with van der Waals surface area (Å²) in [4.78, 5) is 20.6. The molecule has 1 amide bonds. The zero-order valence-electron chi connectivity index (χ0n) is 17.2. The van der Waals surface area contributed by atoms with Gasteiger partial charge >= 0.3 is 0 Å². The van der Waals surface area contributed by atoms with Crippen molar-refractivity contribution in [3.05, 3.63) is 52.8 Å². The number of H-pyrrole nitrogens is 1. The van der Waals surface area contributed by atoms with Gasteiger partial charge < -0.3 is 19.9 Å². The highest BCUT2D eigenvalue weighted by Crippen LogP contribution is 2.35. The van der Waals surface area contributed by atoms with Crippen LogP contribution in [0.3, 0.4) is 0 Å². The molecule has 4 rings (SSSR count). The van der Waals surface area contributed by atoms with Crippen molar-refractivity contribution in [1.29, 1.82) is 0 Å². The van der Waals surface area contributed by atoms with Gasteiger partial charge in [-0.05, 0) is 42.2 Å². The van der Waals surface area contributed by atoms with Crippen LogP contribution in [0.4, 0.5) is 11.4 Å². The molecule has 0 fully saturated rings. The molecule has 1 aromatic carbocycles. The minimum Gasteiger partial charge on any atom is -0.495 e. The lowest BCUT2D eigenvalue weighted by molar-refractivity contribution is -0.117. The average Bonchev–Trinajstić information content (AvgIpc) is 3.21. The first kappa shape index (κ1) is 20.3. The van der Waals surface area contributed by atoms with Crippen LogP contribution < -0.4 is 10.1 Å². The van der Waals surface area contributed by atoms with E-state index in [1.54, 1.807) is 18.2 Å². The van der Waals surface area contributed by atoms with E-state index in [0.29, 0.717) is 17.3 Å². The molecule has 3 heterocycles. The molecule has 0 saturated heterocycles. The number of nitrogens with one attached hydrogen (secondary N) is 2. The Balaban J connectivity index is 1.67. The Morgan fingerprint density at radius 1 is 1.37 bits per heavy atom. The van der Waals surface area contributed by atoms with E-state index in [1.165, 1.54) is 5.57 Å². The number of ether oxygens (including phenoxy) is 1. The lowest BCUT2D eigenvalue weighted by atomic mass is 10.1. The molecular formula is C23H25ClN4O2. The van der Waals surface area contributed by atoms with Gasteiger partial charge in [-0.2, -0.15) is 0 Å². The smallest absolute Gasteiger partial charge is 0.209 e. The maximum absolute atomic E-state index is 10.9. The van der Waals surface area contributed by atoms with Gasteiger partial charge in [0.15, 0.2) is 0 Å². The molecule has 0 aliphatic carbocycles. The summed E-state index contributed by atoms with van der Waals surface area (Å²) < 4.78 is 5.47. The number of aromatic amines is 1. The number of carbonyl (C=O) groups excluding carboxylic acids is 1. The van der Waals surface area contributed by atoms with Crippen molar-refractivity contribution in [2.75, 3.05) is 25.5 Å². The molecule has 6 nitrogen and oxygen atoms in total. The number of methoxy groups -OCH3 is 1. The Hall–Kier alpha value is -2.99. The number of anilines is 2. The molecule has 3 aromatic rings. The van der Waals surface area contributed by atoms with Gasteiger partial charge in [-0.15, -0.1) is 0 Å². The molecule has 7 heteroatoms. The fraction of sp³-hybridized carbons (Fsp3) is 0.304. The highest BCUT2D eigenvalue weighted by Gasteiger charge is 2.15. The number of hydrogen-bond acceptors (Lipinski definition) is 4. The van der Waals surface area contributed by atoms with Crippen molar-refractivity contribution < 1.29 is 9.53 Å². The number of aromatic nitrogens is 2. The number of rotatable bonds is 7. The molecule has 0 spiro atoms. The van der Waals surface area contributed by atoms with Crippen LogP contribution in [-0.2, 0) is 11.2 Å². The number of carbonyl (C=O) groups is 1. The van der Waals surface area contributed by atoms with Crippen LogP contribution in [0, 0.1) is 0 Å². The molecule has 30 heavy (non-hydrogen) atoms. The highest BCUT2D eigenvalue weighted by atomic mass is 35.5. The number of amides is 1. The Bertz CT molecular complexity index is 1110. The van der Waals surface area contributed by atoms with Crippen LogP contribution in [0.1, 0.15) is 31.0 Å². The van der Waals surface area contributed by atoms with Crippen LogP contribution in [0.5, 0.6) is 5.75 Å². The van der Waals surface area contributed by atoms with Gasteiger partial charge in [-0.1, -0.05) is 31.0 Å². The van der Waals surface area contributed by atoms with Gasteiger partial charge in [-0.25, -0.2) is 4.98 Å². The van der Waals surface area contributed by atoms with E-state index in [9.17, 15) is 4.79 Å². The third kappa shape index (κ3) is 4.00. The first-order valence-corrected chi connectivity index (χ1v) is 10.5. The van der Waals surface area contributed by atoms with Crippen molar-refractivity contribution in [3.8, 4) is 5.75 Å². The number of aryl methyl sites for hydroxylation is 1. The van der Waals surface area contributed by atoms with Crippen LogP contribution in [-0.4, -0.2) is 41.5 Å². The minimum absolute atomic E-state index is 0.636. The van der Waals surface area contributed by atoms with E-state index in [0.717, 1.165) is 65.9 Å². The van der Waals surface area contributed by atoms with Gasteiger partial charge in [0, 0.05) is 42.1 Å². The number of halogens is 1. The van der Waals surface area contributed by atoms with E-state index >= 15 is 0 Å². The summed E-state index contributed by atoms with van der Waals surface area (Å²) >= 11 is 6.47. The SMILES string of the molecule is CCCc1cc(Nc2ccnc3[nH]c(C4=CCN(C=O)CC4)cc23)cc(OC)c1Cl. The number of pyridine rings is 1. The maximum atomic E-state index is 10.9. The second kappa shape index (κ2) is 8.79. The first-order chi connectivity index (χ1) is 14.6. The lowest BCUT2D eigenvalue weighted by Crippen LogP contribution is -2.26. The minimum atomic E-state index is 0.636. The molecule has 0 atom stereocenters. The van der Waals surface area contributed by atoms with E-state index in [1.807, 2.05) is 12.1 Å². The molecule has 2 N–H and O–H groups in total. The molecule has 0 saturated carbocycles. The first-order valence-electron chi connectivity index (χ1n) is 10.1. The molecule has 0 radical (unpaired) electrons. The summed E-state index contributed by atoms with van der Waals surface area (Å²) in [5, 5.41) is 5.19. The summed E-state index contributed by atoms with van der Waals surface area (Å²) in [5.41, 5.74) is 6.01. The van der Waals surface area contributed by atoms with Crippen molar-refractivity contribution in [1.82, 2.24) is 14.9 Å². The molecule has 0 unspecified atom stereocenters. The van der Waals surface area contributed by atoms with Crippen molar-refractivity contribution in [3.63, 3.8) is 0 Å². The second-order valence-electron chi connectivity index (χ2n) is 7.41. The Morgan fingerprint density at radius 2 is 2.23 bits per heavy atom. The van der Waals surface area contributed by atoms with Gasteiger partial charge in [-0.3, -0.25) is 4.79 Å². The Morgan fingerprint density at radius 3 is 2.93 bits per heavy atom. The predicted molar refractivity (Wildman–Crippen MR) is 122 cm³/mol. The van der Waals surface area contributed by atoms with E-state index in [2.05, 4.69) is 40.4 Å². The van der Waals surface area contributed by atoms with Crippen molar-refractivity contribution >= 4 is 46.0 Å². The van der Waals surface area contributed by atoms with Gasteiger partial charge in [0.05, 0.1) is 17.8 Å². The van der Waals surface area contributed by atoms with Crippen molar-refractivity contribution in [2.24, 2.45) is 0 Å². The van der Waals surface area contributed by atoms with E-state index in [-0.39, 0.29) is 0 Å². The number of benzene rings is 1. The van der Waals surface area contributed by atoms with E-state index in [4.69, 9.17) is 16.3 Å². The lowest BCUT2D eigenvalue weighted by Gasteiger charge is -2.21. The quantitative estimate of drug-likeness (QED) is 0.513. The van der Waals surface area contributed by atoms with Crippen LogP contribution in [0.15, 0.2) is 36.5 Å². The Labute approximate surface area is 180 Å². The summed E-state index contributed by atoms with van der Waals surface area (Å²) in [5.74, 6) is 0.664. The standard InChI is InChI=1S/C23H25ClN4O2/c1-3-4-16-11-17(12-21(30-2)22(16)24)26-19-5-8-25-23-18(19)13-20(27-23)15-6-9-28(14-29)10-7-15/h5-6,8,11-14H,3-4,7,9-10H2,1-2H3,(H2,25,26,27). The van der Waals surface area contributed by atoms with Crippen molar-refractivity contribution in [2.45, 2.75) is 26.2 Å². The fourth-order valence-corrected chi connectivity index (χ4v) is 4.10. The third-order valence-corrected chi connectivity index (χ3v) is 5.83. The summed E-state index contributed by atoms with van der Waals surface area (Å²) in [6, 6.07) is 8.07. The molecular weight excluding hydrogens is 400 g/mol. The zero-order chi connectivity index (χ0) is 21.1. The molecule has 156 valence electrons. The summed E-state index contributed by atoms with van der Waals surface area (Å²) in [6.45, 7) is 3.50. The average molecular weight is 425 g/mol. The Kier molecular flexibility index (Phi) is 5.95. The van der Waals surface area contributed by atoms with Crippen LogP contribution in [0.2, 0.25) is 5.02 Å². The third-order valence-electron chi connectivity index (χ3n) is 5.40. The number of hydrogen-bond donors (Lipinski definition) is 2. The summed E-state index contributed by atoms with van der Waals surface area (Å²) in [7, 11) is 1.63. The fourth-order valence-electron chi connectivity index (χ4n) is 3.82. The zero-order valence-corrected chi connectivity index (χ0v) is 17.9. The number of fused-ring (bicyclic) bond motifs is 1. The predicted octanol–water partition coefficient (Wildman–Crippen LogP) is 5.17. The number of nitrogens with zero attached hydrogens (tertiary/aromatic N) is 2. The molecule has 2 aromatic heterocycles. The van der Waals surface area contributed by atoms with Crippen LogP contribution >= 0.6 is 11.6 Å². The molecule has 1 aliphatic heterocycles. The second-order valence-corrected chi connectivity index (χ2v) is 7.79. The summed E-state index contributed by atoms with van der Waals surface area (Å²) in [6.07, 6.45) is 7.49. The topological polar surface area (TPSA) is 70.2 Å². The largest absolute Gasteiger partial charge is 0.495 e. The molecule has 0 bridgehead atoms. The maximum Gasteiger partial charge on any atom is 0.209 e. The normalized spacial score (nSPS) is 14.0. The van der Waals surface area contributed by atoms with Gasteiger partial charge in [0.2, 0.25) is 6.41 Å². The van der Waals surface area contributed by atoms with Crippen LogP contribution in [0.25, 0.3) is 16.6 Å². The van der Waals surface area contributed by atoms with Gasteiger partial charge in [0.1, 0.15) is 11.4 Å². The molecule has 1 aliphatic rings. The highest BCUT2D eigenvalue weighted by molar-refractivity contribution is 6.33. The monoisotopic (exact) mass is 424 g/mol. The van der Waals surface area contributed by atoms with Gasteiger partial charge in [0.25, 0.3) is 0 Å². The van der Waals surface area contributed by atoms with E-state index < -0.39 is 0 Å².